The fourth-order valence-electron chi connectivity index (χ4n) is 6.81. The van der Waals surface area contributed by atoms with Gasteiger partial charge in [0.1, 0.15) is 0 Å². The van der Waals surface area contributed by atoms with Crippen LogP contribution in [0.15, 0.2) is 12.2 Å². The summed E-state index contributed by atoms with van der Waals surface area (Å²) in [6.07, 6.45) is 51.8. The Labute approximate surface area is 296 Å². The molecular weight excluding hydrogens is 574 g/mol. The molecule has 2 atom stereocenters. The number of hydrogen-bond donors (Lipinski definition) is 2. The third-order valence-corrected chi connectivity index (χ3v) is 10.2. The van der Waals surface area contributed by atoms with Gasteiger partial charge in [-0.3, -0.25) is 4.79 Å². The molecule has 3 nitrogen and oxygen atoms in total. The van der Waals surface area contributed by atoms with E-state index in [-0.39, 0.29) is 11.9 Å². The summed E-state index contributed by atoms with van der Waals surface area (Å²) >= 11 is 0. The molecule has 0 aliphatic rings. The maximum Gasteiger partial charge on any atom is 0.220 e. The Morgan fingerprint density at radius 2 is 0.745 bits per heavy atom. The van der Waals surface area contributed by atoms with Gasteiger partial charge in [-0.05, 0) is 26.2 Å². The van der Waals surface area contributed by atoms with E-state index < -0.39 is 6.10 Å². The quantitative estimate of drug-likeness (QED) is 0.0509. The smallest absolute Gasteiger partial charge is 0.220 e. The van der Waals surface area contributed by atoms with Crippen molar-refractivity contribution in [2.24, 2.45) is 0 Å². The minimum Gasteiger partial charge on any atom is -0.387 e. The number of nitrogens with one attached hydrogen (secondary N) is 1. The van der Waals surface area contributed by atoms with Crippen molar-refractivity contribution in [1.82, 2.24) is 5.32 Å². The highest BCUT2D eigenvalue weighted by atomic mass is 16.3. The van der Waals surface area contributed by atoms with Crippen LogP contribution in [0.25, 0.3) is 0 Å². The molecule has 0 radical (unpaired) electrons. The van der Waals surface area contributed by atoms with Gasteiger partial charge in [-0.2, -0.15) is 0 Å². The van der Waals surface area contributed by atoms with Crippen LogP contribution in [0.1, 0.15) is 252 Å². The molecule has 280 valence electrons. The number of hydrogen-bond acceptors (Lipinski definition) is 2. The predicted molar refractivity (Wildman–Crippen MR) is 210 cm³/mol. The first-order valence-corrected chi connectivity index (χ1v) is 21.8. The van der Waals surface area contributed by atoms with Crippen molar-refractivity contribution < 1.29 is 9.90 Å². The van der Waals surface area contributed by atoms with Crippen LogP contribution in [0.2, 0.25) is 0 Å². The van der Waals surface area contributed by atoms with Crippen molar-refractivity contribution in [2.75, 3.05) is 0 Å². The Hall–Kier alpha value is -0.830. The first-order valence-electron chi connectivity index (χ1n) is 21.8. The molecule has 0 spiro atoms. The molecule has 0 aliphatic heterocycles. The molecule has 0 aliphatic carbocycles. The van der Waals surface area contributed by atoms with Crippen LogP contribution in [0.4, 0.5) is 0 Å². The lowest BCUT2D eigenvalue weighted by Gasteiger charge is -2.17. The molecule has 0 saturated carbocycles. The standard InChI is InChI=1S/C44H87NO2/c1-4-6-8-10-12-14-16-18-19-20-21-22-23-24-25-26-27-29-31-33-35-37-39-41-44(47)45-42(3)43(46)40-38-36-34-32-30-28-17-15-13-11-9-7-5-2/h38,40,42-43,46H,4-37,39,41H2,1-3H3,(H,45,47)/b40-38+/t42-,43+/m0/s1. The minimum atomic E-state index is -0.596. The van der Waals surface area contributed by atoms with Crippen molar-refractivity contribution in [1.29, 1.82) is 0 Å². The summed E-state index contributed by atoms with van der Waals surface area (Å²) < 4.78 is 0. The van der Waals surface area contributed by atoms with Gasteiger partial charge < -0.3 is 10.4 Å². The third-order valence-electron chi connectivity index (χ3n) is 10.2. The summed E-state index contributed by atoms with van der Waals surface area (Å²) in [6, 6.07) is -0.222. The van der Waals surface area contributed by atoms with E-state index >= 15 is 0 Å². The zero-order valence-electron chi connectivity index (χ0n) is 32.6. The third kappa shape index (κ3) is 37.8. The van der Waals surface area contributed by atoms with Crippen molar-refractivity contribution >= 4 is 5.91 Å². The van der Waals surface area contributed by atoms with Gasteiger partial charge in [0.25, 0.3) is 0 Å². The first-order chi connectivity index (χ1) is 23.1. The van der Waals surface area contributed by atoms with Crippen LogP contribution in [0, 0.1) is 0 Å². The molecule has 2 N–H and O–H groups in total. The highest BCUT2D eigenvalue weighted by molar-refractivity contribution is 5.76. The van der Waals surface area contributed by atoms with E-state index in [0.717, 1.165) is 19.3 Å². The minimum absolute atomic E-state index is 0.0822. The van der Waals surface area contributed by atoms with Crippen LogP contribution in [0.5, 0.6) is 0 Å². The molecule has 3 heteroatoms. The van der Waals surface area contributed by atoms with Crippen molar-refractivity contribution in [3.8, 4) is 0 Å². The number of carbonyl (C=O) groups excluding carboxylic acids is 1. The number of allylic oxidation sites excluding steroid dienone is 1. The average Bonchev–Trinajstić information content (AvgIpc) is 3.07. The zero-order valence-corrected chi connectivity index (χ0v) is 32.6. The Morgan fingerprint density at radius 3 is 1.06 bits per heavy atom. The average molecular weight is 662 g/mol. The summed E-state index contributed by atoms with van der Waals surface area (Å²) in [6.45, 7) is 6.49. The molecule has 0 saturated heterocycles. The van der Waals surface area contributed by atoms with Gasteiger partial charge in [0.2, 0.25) is 5.91 Å². The van der Waals surface area contributed by atoms with E-state index in [0.29, 0.717) is 6.42 Å². The lowest BCUT2D eigenvalue weighted by Crippen LogP contribution is -2.40. The summed E-state index contributed by atoms with van der Waals surface area (Å²) in [4.78, 5) is 12.3. The number of aliphatic hydroxyl groups is 1. The van der Waals surface area contributed by atoms with E-state index in [1.165, 1.54) is 205 Å². The Kier molecular flexibility index (Phi) is 38.9. The van der Waals surface area contributed by atoms with Gasteiger partial charge in [-0.25, -0.2) is 0 Å². The lowest BCUT2D eigenvalue weighted by atomic mass is 10.0. The molecule has 0 aromatic heterocycles. The second kappa shape index (κ2) is 39.6. The molecule has 0 aromatic carbocycles. The van der Waals surface area contributed by atoms with Crippen molar-refractivity contribution in [3.63, 3.8) is 0 Å². The Balaban J connectivity index is 3.39. The topological polar surface area (TPSA) is 49.3 Å². The predicted octanol–water partition coefficient (Wildman–Crippen LogP) is 14.5. The van der Waals surface area contributed by atoms with Crippen LogP contribution in [-0.4, -0.2) is 23.2 Å². The molecule has 0 fully saturated rings. The Bertz CT molecular complexity index is 632. The molecule has 0 aromatic rings. The van der Waals surface area contributed by atoms with Crippen LogP contribution >= 0.6 is 0 Å². The number of amides is 1. The summed E-state index contributed by atoms with van der Waals surface area (Å²) in [5.74, 6) is 0.0822. The van der Waals surface area contributed by atoms with E-state index in [2.05, 4.69) is 25.2 Å². The number of unbranched alkanes of at least 4 members (excludes halogenated alkanes) is 33. The van der Waals surface area contributed by atoms with E-state index in [1.807, 2.05) is 13.0 Å². The SMILES string of the molecule is CCCCCCCCCCCCC/C=C/[C@@H](O)[C@H](C)NC(=O)CCCCCCCCCCCCCCCCCCCCCCCCC. The molecule has 0 unspecified atom stereocenters. The van der Waals surface area contributed by atoms with E-state index in [1.54, 1.807) is 0 Å². The van der Waals surface area contributed by atoms with Crippen LogP contribution in [-0.2, 0) is 4.79 Å². The van der Waals surface area contributed by atoms with Gasteiger partial charge in [-0.15, -0.1) is 0 Å². The second-order valence-electron chi connectivity index (χ2n) is 15.1. The summed E-state index contributed by atoms with van der Waals surface area (Å²) in [7, 11) is 0. The fraction of sp³-hybridized carbons (Fsp3) is 0.932. The molecule has 0 heterocycles. The Morgan fingerprint density at radius 1 is 0.468 bits per heavy atom. The van der Waals surface area contributed by atoms with Gasteiger partial charge >= 0.3 is 0 Å². The summed E-state index contributed by atoms with van der Waals surface area (Å²) in [5.41, 5.74) is 0. The molecule has 1 amide bonds. The highest BCUT2D eigenvalue weighted by Gasteiger charge is 2.13. The zero-order chi connectivity index (χ0) is 34.3. The normalized spacial score (nSPS) is 13.0. The summed E-state index contributed by atoms with van der Waals surface area (Å²) in [5, 5.41) is 13.4. The van der Waals surface area contributed by atoms with Crippen LogP contribution in [0.3, 0.4) is 0 Å². The first kappa shape index (κ1) is 46.2. The molecule has 0 rings (SSSR count). The van der Waals surface area contributed by atoms with Gasteiger partial charge in [-0.1, -0.05) is 231 Å². The largest absolute Gasteiger partial charge is 0.387 e. The van der Waals surface area contributed by atoms with Gasteiger partial charge in [0.05, 0.1) is 12.1 Å². The second-order valence-corrected chi connectivity index (χ2v) is 15.1. The van der Waals surface area contributed by atoms with E-state index in [9.17, 15) is 9.90 Å². The molecular formula is C44H87NO2. The number of rotatable bonds is 39. The molecule has 47 heavy (non-hydrogen) atoms. The van der Waals surface area contributed by atoms with Crippen molar-refractivity contribution in [2.45, 2.75) is 264 Å². The maximum absolute atomic E-state index is 12.3. The maximum atomic E-state index is 12.3. The number of aliphatic hydroxyl groups excluding tert-OH is 1. The fourth-order valence-corrected chi connectivity index (χ4v) is 6.81. The molecule has 0 bridgehead atoms. The van der Waals surface area contributed by atoms with Gasteiger partial charge in [0, 0.05) is 6.42 Å². The van der Waals surface area contributed by atoms with E-state index in [4.69, 9.17) is 0 Å². The monoisotopic (exact) mass is 662 g/mol. The van der Waals surface area contributed by atoms with Gasteiger partial charge in [0.15, 0.2) is 0 Å². The van der Waals surface area contributed by atoms with Crippen molar-refractivity contribution in [3.05, 3.63) is 12.2 Å². The lowest BCUT2D eigenvalue weighted by molar-refractivity contribution is -0.122. The highest BCUT2D eigenvalue weighted by Crippen LogP contribution is 2.16. The van der Waals surface area contributed by atoms with Crippen LogP contribution < -0.4 is 5.32 Å². The number of carbonyl (C=O) groups is 1.